The average molecular weight is 597 g/mol. The summed E-state index contributed by atoms with van der Waals surface area (Å²) in [6.07, 6.45) is 3.21. The zero-order valence-electron chi connectivity index (χ0n) is 23.5. The Balaban J connectivity index is 1.37. The second-order valence-corrected chi connectivity index (χ2v) is 12.8. The number of carbonyl (C=O) groups excluding carboxylic acids is 1. The Morgan fingerprint density at radius 2 is 2.00 bits per heavy atom. The van der Waals surface area contributed by atoms with E-state index in [0.29, 0.717) is 50.9 Å². The summed E-state index contributed by atoms with van der Waals surface area (Å²) in [4.78, 5) is 24.8. The number of amidine groups is 1. The Hall–Kier alpha value is -3.11. The molecule has 10 heteroatoms. The van der Waals surface area contributed by atoms with E-state index in [4.69, 9.17) is 4.99 Å². The number of nitrogens with zero attached hydrogens (tertiary/aromatic N) is 3. The standard InChI is InChI=1S/C32H35F3N4O2S/c1-18-14-21(33)9-12-23(18)29-28(24-4-2-5-25(37-24)30(34)35)26-15-19(16-36-32(41)20-7-10-22(40)11-8-20)17-39(26)31(38-29)27-6-3-13-42-27/h2-5,9,12-14,19-20,22,27,29-30,40H,6-8,10-11,15-17H2,1H3,(H,36,41)/t19-,20?,22?,27?,29+/m1/s1. The fourth-order valence-electron chi connectivity index (χ4n) is 6.58. The number of rotatable bonds is 7. The molecule has 1 saturated heterocycles. The number of hydrogen-bond acceptors (Lipinski definition) is 6. The van der Waals surface area contributed by atoms with Gasteiger partial charge in [-0.1, -0.05) is 18.2 Å². The van der Waals surface area contributed by atoms with Crippen molar-refractivity contribution in [1.82, 2.24) is 15.2 Å². The van der Waals surface area contributed by atoms with Crippen molar-refractivity contribution >= 4 is 29.1 Å². The number of aromatic nitrogens is 1. The molecule has 6 rings (SSSR count). The van der Waals surface area contributed by atoms with Crippen LogP contribution in [-0.4, -0.2) is 51.2 Å². The van der Waals surface area contributed by atoms with E-state index in [0.717, 1.165) is 34.7 Å². The van der Waals surface area contributed by atoms with E-state index in [9.17, 15) is 23.1 Å². The van der Waals surface area contributed by atoms with Gasteiger partial charge in [-0.05, 0) is 92.2 Å². The first-order chi connectivity index (χ1) is 20.3. The third kappa shape index (κ3) is 5.88. The van der Waals surface area contributed by atoms with Crippen molar-refractivity contribution in [2.75, 3.05) is 13.1 Å². The second kappa shape index (κ2) is 12.2. The van der Waals surface area contributed by atoms with Gasteiger partial charge in [0.2, 0.25) is 5.91 Å². The Morgan fingerprint density at radius 1 is 1.19 bits per heavy atom. The number of thioether (sulfide) groups is 1. The summed E-state index contributed by atoms with van der Waals surface area (Å²) in [5, 5.41) is 15.2. The van der Waals surface area contributed by atoms with Gasteiger partial charge in [0.05, 0.1) is 17.0 Å². The van der Waals surface area contributed by atoms with Gasteiger partial charge in [-0.15, -0.1) is 11.8 Å². The lowest BCUT2D eigenvalue weighted by Gasteiger charge is -2.36. The third-order valence-electron chi connectivity index (χ3n) is 8.78. The number of allylic oxidation sites excluding steroid dienone is 2. The molecular formula is C32H35F3N4O2S. The van der Waals surface area contributed by atoms with Gasteiger partial charge >= 0.3 is 0 Å². The molecule has 0 radical (unpaired) electrons. The van der Waals surface area contributed by atoms with Gasteiger partial charge < -0.3 is 15.3 Å². The van der Waals surface area contributed by atoms with Crippen LogP contribution in [0.1, 0.15) is 73.5 Å². The molecule has 4 heterocycles. The molecule has 1 amide bonds. The predicted molar refractivity (Wildman–Crippen MR) is 158 cm³/mol. The van der Waals surface area contributed by atoms with Crippen molar-refractivity contribution in [1.29, 1.82) is 0 Å². The number of aliphatic hydroxyl groups excluding tert-OH is 1. The Morgan fingerprint density at radius 3 is 2.71 bits per heavy atom. The zero-order valence-corrected chi connectivity index (χ0v) is 24.3. The number of halogens is 3. The molecule has 1 unspecified atom stereocenters. The largest absolute Gasteiger partial charge is 0.393 e. The molecule has 2 fully saturated rings. The highest BCUT2D eigenvalue weighted by Crippen LogP contribution is 2.47. The molecule has 1 aliphatic carbocycles. The van der Waals surface area contributed by atoms with Gasteiger partial charge in [0.1, 0.15) is 23.4 Å². The zero-order chi connectivity index (χ0) is 29.4. The summed E-state index contributed by atoms with van der Waals surface area (Å²) in [6, 6.07) is 8.76. The molecule has 42 heavy (non-hydrogen) atoms. The van der Waals surface area contributed by atoms with Crippen LogP contribution in [0.15, 0.2) is 58.6 Å². The first-order valence-electron chi connectivity index (χ1n) is 14.6. The molecule has 1 aromatic carbocycles. The van der Waals surface area contributed by atoms with Crippen LogP contribution >= 0.6 is 11.8 Å². The monoisotopic (exact) mass is 596 g/mol. The summed E-state index contributed by atoms with van der Waals surface area (Å²) in [7, 11) is 0. The number of nitrogens with one attached hydrogen (secondary N) is 1. The maximum absolute atomic E-state index is 14.2. The SMILES string of the molecule is Cc1cc(F)ccc1[C@@H]1N=C(C2CC=CS2)N2C[C@@H](CNC(=O)C3CCC(O)CC3)CC2=C1c1cccc(C(F)F)n1. The van der Waals surface area contributed by atoms with Gasteiger partial charge in [0, 0.05) is 30.3 Å². The summed E-state index contributed by atoms with van der Waals surface area (Å²) >= 11 is 1.70. The van der Waals surface area contributed by atoms with E-state index in [1.165, 1.54) is 18.2 Å². The number of alkyl halides is 2. The molecule has 1 saturated carbocycles. The lowest BCUT2D eigenvalue weighted by Crippen LogP contribution is -2.40. The molecule has 3 atom stereocenters. The average Bonchev–Trinajstić information content (AvgIpc) is 3.66. The van der Waals surface area contributed by atoms with Crippen molar-refractivity contribution in [2.24, 2.45) is 16.8 Å². The quantitative estimate of drug-likeness (QED) is 0.390. The number of amides is 1. The highest BCUT2D eigenvalue weighted by atomic mass is 32.2. The summed E-state index contributed by atoms with van der Waals surface area (Å²) < 4.78 is 41.7. The minimum Gasteiger partial charge on any atom is -0.393 e. The van der Waals surface area contributed by atoms with E-state index in [1.54, 1.807) is 30.0 Å². The van der Waals surface area contributed by atoms with Gasteiger partial charge in [-0.25, -0.2) is 18.2 Å². The normalized spacial score (nSPS) is 27.4. The van der Waals surface area contributed by atoms with Gasteiger partial charge in [0.25, 0.3) is 6.43 Å². The van der Waals surface area contributed by atoms with Crippen molar-refractivity contribution in [3.63, 3.8) is 0 Å². The Bertz CT molecular complexity index is 1430. The molecule has 2 aromatic rings. The first kappa shape index (κ1) is 29.0. The topological polar surface area (TPSA) is 77.8 Å². The number of aliphatic hydroxyl groups is 1. The van der Waals surface area contributed by atoms with E-state index >= 15 is 0 Å². The summed E-state index contributed by atoms with van der Waals surface area (Å²) in [6.45, 7) is 2.97. The van der Waals surface area contributed by atoms with Crippen LogP contribution in [0.4, 0.5) is 13.2 Å². The molecule has 2 N–H and O–H groups in total. The Labute approximate surface area is 248 Å². The lowest BCUT2D eigenvalue weighted by atomic mass is 9.87. The van der Waals surface area contributed by atoms with E-state index < -0.39 is 12.5 Å². The molecule has 6 nitrogen and oxygen atoms in total. The molecule has 1 aromatic heterocycles. The molecule has 0 bridgehead atoms. The van der Waals surface area contributed by atoms with E-state index in [1.807, 2.05) is 6.92 Å². The Kier molecular flexibility index (Phi) is 8.45. The van der Waals surface area contributed by atoms with Crippen LogP contribution in [0, 0.1) is 24.6 Å². The molecule has 0 spiro atoms. The minimum absolute atomic E-state index is 0.0246. The fraction of sp³-hybridized carbons (Fsp3) is 0.469. The summed E-state index contributed by atoms with van der Waals surface area (Å²) in [5.74, 6) is 0.597. The molecule has 3 aliphatic heterocycles. The van der Waals surface area contributed by atoms with Gasteiger partial charge in [-0.2, -0.15) is 0 Å². The van der Waals surface area contributed by atoms with Crippen molar-refractivity contribution in [3.8, 4) is 0 Å². The third-order valence-corrected chi connectivity index (χ3v) is 9.86. The van der Waals surface area contributed by atoms with Gasteiger partial charge in [0.15, 0.2) is 0 Å². The predicted octanol–water partition coefficient (Wildman–Crippen LogP) is 6.34. The van der Waals surface area contributed by atoms with Crippen molar-refractivity contribution in [3.05, 3.63) is 81.9 Å². The smallest absolute Gasteiger partial charge is 0.280 e. The van der Waals surface area contributed by atoms with Crippen LogP contribution in [0.25, 0.3) is 5.57 Å². The number of aryl methyl sites for hydroxylation is 1. The summed E-state index contributed by atoms with van der Waals surface area (Å²) in [5.41, 5.74) is 3.41. The van der Waals surface area contributed by atoms with Crippen LogP contribution in [-0.2, 0) is 4.79 Å². The number of fused-ring (bicyclic) bond motifs is 1. The van der Waals surface area contributed by atoms with Gasteiger partial charge in [-0.3, -0.25) is 9.79 Å². The van der Waals surface area contributed by atoms with Crippen molar-refractivity contribution in [2.45, 2.75) is 69.3 Å². The van der Waals surface area contributed by atoms with Crippen LogP contribution in [0.3, 0.4) is 0 Å². The lowest BCUT2D eigenvalue weighted by molar-refractivity contribution is -0.126. The van der Waals surface area contributed by atoms with Crippen LogP contribution in [0.2, 0.25) is 0 Å². The number of hydrogen-bond donors (Lipinski definition) is 2. The number of benzene rings is 1. The fourth-order valence-corrected chi connectivity index (χ4v) is 7.53. The highest BCUT2D eigenvalue weighted by molar-refractivity contribution is 8.03. The molecule has 222 valence electrons. The maximum Gasteiger partial charge on any atom is 0.280 e. The van der Waals surface area contributed by atoms with Crippen LogP contribution in [0.5, 0.6) is 0 Å². The first-order valence-corrected chi connectivity index (χ1v) is 15.6. The number of carbonyl (C=O) groups is 1. The van der Waals surface area contributed by atoms with E-state index in [-0.39, 0.29) is 40.6 Å². The second-order valence-electron chi connectivity index (χ2n) is 11.7. The van der Waals surface area contributed by atoms with Crippen molar-refractivity contribution < 1.29 is 23.1 Å². The minimum atomic E-state index is -2.71. The highest BCUT2D eigenvalue weighted by Gasteiger charge is 2.42. The maximum atomic E-state index is 14.2. The number of pyridine rings is 1. The van der Waals surface area contributed by atoms with Crippen LogP contribution < -0.4 is 5.32 Å². The molecule has 4 aliphatic rings. The van der Waals surface area contributed by atoms with E-state index in [2.05, 4.69) is 26.7 Å². The molecular weight excluding hydrogens is 561 g/mol. The number of aliphatic imine (C=N–C) groups is 1.